The highest BCUT2D eigenvalue weighted by Crippen LogP contribution is 2.18. The fraction of sp³-hybridized carbons (Fsp3) is 0.333. The van der Waals surface area contributed by atoms with Gasteiger partial charge in [-0.3, -0.25) is 4.79 Å². The van der Waals surface area contributed by atoms with E-state index in [1.165, 1.54) is 0 Å². The van der Waals surface area contributed by atoms with Gasteiger partial charge < -0.3 is 14.5 Å². The molecule has 0 spiro atoms. The summed E-state index contributed by atoms with van der Waals surface area (Å²) in [6.45, 7) is 4.01. The molecule has 0 saturated carbocycles. The molecule has 0 aliphatic rings. The zero-order valence-corrected chi connectivity index (χ0v) is 12.5. The molecule has 0 unspecified atom stereocenters. The molecule has 0 radical (unpaired) electrons. The molecule has 116 valence electrons. The van der Waals surface area contributed by atoms with Crippen LogP contribution in [0.15, 0.2) is 28.7 Å². The number of hydrogen-bond acceptors (Lipinski definition) is 6. The van der Waals surface area contributed by atoms with Crippen LogP contribution in [-0.4, -0.2) is 35.2 Å². The lowest BCUT2D eigenvalue weighted by Gasteiger charge is -2.02. The molecule has 1 N–H and O–H groups in total. The smallest absolute Gasteiger partial charge is 0.396 e. The van der Waals surface area contributed by atoms with E-state index in [9.17, 15) is 9.59 Å². The van der Waals surface area contributed by atoms with Gasteiger partial charge in [0.15, 0.2) is 0 Å². The summed E-state index contributed by atoms with van der Waals surface area (Å²) < 4.78 is 10.1. The summed E-state index contributed by atoms with van der Waals surface area (Å²) in [5, 5.41) is 10.3. The van der Waals surface area contributed by atoms with Gasteiger partial charge in [-0.2, -0.15) is 0 Å². The predicted octanol–water partition coefficient (Wildman–Crippen LogP) is 1.27. The summed E-state index contributed by atoms with van der Waals surface area (Å²) in [4.78, 5) is 22.4. The van der Waals surface area contributed by atoms with Gasteiger partial charge in [-0.25, -0.2) is 4.79 Å². The minimum Gasteiger partial charge on any atom is -0.459 e. The van der Waals surface area contributed by atoms with Crippen LogP contribution in [0.2, 0.25) is 0 Å². The van der Waals surface area contributed by atoms with Crippen molar-refractivity contribution in [3.8, 4) is 11.5 Å². The molecule has 1 aromatic heterocycles. The lowest BCUT2D eigenvalue weighted by Crippen LogP contribution is -2.33. The largest absolute Gasteiger partial charge is 0.459 e. The van der Waals surface area contributed by atoms with Crippen molar-refractivity contribution in [1.82, 2.24) is 15.5 Å². The zero-order chi connectivity index (χ0) is 15.9. The third-order valence-electron chi connectivity index (χ3n) is 2.85. The fourth-order valence-electron chi connectivity index (χ4n) is 1.72. The maximum absolute atomic E-state index is 11.3. The number of hydrogen-bond donors (Lipinski definition) is 1. The highest BCUT2D eigenvalue weighted by Gasteiger charge is 2.14. The minimum atomic E-state index is -0.895. The first kappa shape index (κ1) is 15.7. The van der Waals surface area contributed by atoms with Crippen molar-refractivity contribution >= 4 is 11.9 Å². The van der Waals surface area contributed by atoms with Crippen molar-refractivity contribution in [2.24, 2.45) is 0 Å². The second-order valence-corrected chi connectivity index (χ2v) is 4.59. The van der Waals surface area contributed by atoms with Crippen LogP contribution in [0.3, 0.4) is 0 Å². The standard InChI is InChI=1S/C15H17N3O4/c1-3-21-15(20)13(19)16-9-8-12-17-18-14(22-12)11-6-4-10(2)5-7-11/h4-7H,3,8-9H2,1-2H3,(H,16,19). The Kier molecular flexibility index (Phi) is 5.24. The number of rotatable bonds is 5. The number of aryl methyl sites for hydroxylation is 1. The van der Waals surface area contributed by atoms with Crippen molar-refractivity contribution in [2.75, 3.05) is 13.2 Å². The SMILES string of the molecule is CCOC(=O)C(=O)NCCc1nnc(-c2ccc(C)cc2)o1. The Morgan fingerprint density at radius 2 is 1.95 bits per heavy atom. The highest BCUT2D eigenvalue weighted by molar-refractivity contribution is 6.32. The van der Waals surface area contributed by atoms with E-state index in [2.05, 4.69) is 20.3 Å². The van der Waals surface area contributed by atoms with Crippen LogP contribution < -0.4 is 5.32 Å². The Morgan fingerprint density at radius 3 is 2.64 bits per heavy atom. The lowest BCUT2D eigenvalue weighted by molar-refractivity contribution is -0.154. The number of ether oxygens (including phenoxy) is 1. The molecule has 1 heterocycles. The number of benzene rings is 1. The first-order valence-corrected chi connectivity index (χ1v) is 6.94. The van der Waals surface area contributed by atoms with Crippen molar-refractivity contribution < 1.29 is 18.7 Å². The van der Waals surface area contributed by atoms with Crippen LogP contribution in [0.1, 0.15) is 18.4 Å². The summed E-state index contributed by atoms with van der Waals surface area (Å²) in [6, 6.07) is 7.71. The molecule has 22 heavy (non-hydrogen) atoms. The van der Waals surface area contributed by atoms with Crippen LogP contribution in [0.4, 0.5) is 0 Å². The van der Waals surface area contributed by atoms with Gasteiger partial charge >= 0.3 is 11.9 Å². The third kappa shape index (κ3) is 4.15. The van der Waals surface area contributed by atoms with Gasteiger partial charge in [0.2, 0.25) is 11.8 Å². The molecule has 0 aliphatic carbocycles. The average molecular weight is 303 g/mol. The van der Waals surface area contributed by atoms with E-state index in [-0.39, 0.29) is 13.2 Å². The van der Waals surface area contributed by atoms with E-state index < -0.39 is 11.9 Å². The van der Waals surface area contributed by atoms with Crippen molar-refractivity contribution in [2.45, 2.75) is 20.3 Å². The Balaban J connectivity index is 1.86. The minimum absolute atomic E-state index is 0.163. The fourth-order valence-corrected chi connectivity index (χ4v) is 1.72. The Labute approximate surface area is 127 Å². The van der Waals surface area contributed by atoms with Gasteiger partial charge in [0.25, 0.3) is 0 Å². The molecule has 0 aliphatic heterocycles. The molecule has 1 amide bonds. The van der Waals surface area contributed by atoms with Gasteiger partial charge in [-0.1, -0.05) is 17.7 Å². The zero-order valence-electron chi connectivity index (χ0n) is 12.5. The van der Waals surface area contributed by atoms with Crippen molar-refractivity contribution in [3.63, 3.8) is 0 Å². The number of carbonyl (C=O) groups excluding carboxylic acids is 2. The Bertz CT molecular complexity index is 649. The van der Waals surface area contributed by atoms with Gasteiger partial charge in [-0.15, -0.1) is 10.2 Å². The van der Waals surface area contributed by atoms with Crippen molar-refractivity contribution in [3.05, 3.63) is 35.7 Å². The number of esters is 1. The van der Waals surface area contributed by atoms with Crippen LogP contribution in [0.25, 0.3) is 11.5 Å². The molecule has 0 saturated heterocycles. The first-order chi connectivity index (χ1) is 10.6. The molecule has 7 heteroatoms. The maximum atomic E-state index is 11.3. The molecule has 7 nitrogen and oxygen atoms in total. The number of amides is 1. The van der Waals surface area contributed by atoms with Gasteiger partial charge in [-0.05, 0) is 26.0 Å². The van der Waals surface area contributed by atoms with Crippen LogP contribution >= 0.6 is 0 Å². The molecule has 0 bridgehead atoms. The number of carbonyl (C=O) groups is 2. The van der Waals surface area contributed by atoms with E-state index in [0.717, 1.165) is 11.1 Å². The molecule has 0 fully saturated rings. The van der Waals surface area contributed by atoms with Crippen LogP contribution in [0, 0.1) is 6.92 Å². The highest BCUT2D eigenvalue weighted by atomic mass is 16.5. The van der Waals surface area contributed by atoms with E-state index >= 15 is 0 Å². The number of nitrogens with one attached hydrogen (secondary N) is 1. The summed E-state index contributed by atoms with van der Waals surface area (Å²) in [5.74, 6) is -0.861. The Morgan fingerprint density at radius 1 is 1.23 bits per heavy atom. The second kappa shape index (κ2) is 7.35. The summed E-state index contributed by atoms with van der Waals surface area (Å²) >= 11 is 0. The molecule has 2 aromatic rings. The molecular formula is C15H17N3O4. The Hall–Kier alpha value is -2.70. The summed E-state index contributed by atoms with van der Waals surface area (Å²) in [5.41, 5.74) is 1.98. The molecular weight excluding hydrogens is 286 g/mol. The van der Waals surface area contributed by atoms with E-state index in [1.54, 1.807) is 6.92 Å². The summed E-state index contributed by atoms with van der Waals surface area (Å²) in [7, 11) is 0. The van der Waals surface area contributed by atoms with E-state index in [4.69, 9.17) is 4.42 Å². The molecule has 0 atom stereocenters. The molecule has 2 rings (SSSR count). The number of nitrogens with zero attached hydrogens (tertiary/aromatic N) is 2. The topological polar surface area (TPSA) is 94.3 Å². The van der Waals surface area contributed by atoms with E-state index in [1.807, 2.05) is 31.2 Å². The van der Waals surface area contributed by atoms with Crippen molar-refractivity contribution in [1.29, 1.82) is 0 Å². The van der Waals surface area contributed by atoms with E-state index in [0.29, 0.717) is 18.2 Å². The molecule has 1 aromatic carbocycles. The number of aromatic nitrogens is 2. The predicted molar refractivity (Wildman–Crippen MR) is 77.8 cm³/mol. The van der Waals surface area contributed by atoms with Gasteiger partial charge in [0.1, 0.15) is 0 Å². The monoisotopic (exact) mass is 303 g/mol. The van der Waals surface area contributed by atoms with Crippen LogP contribution in [0.5, 0.6) is 0 Å². The summed E-state index contributed by atoms with van der Waals surface area (Å²) in [6.07, 6.45) is 0.337. The normalized spacial score (nSPS) is 10.3. The first-order valence-electron chi connectivity index (χ1n) is 6.94. The second-order valence-electron chi connectivity index (χ2n) is 4.59. The maximum Gasteiger partial charge on any atom is 0.396 e. The third-order valence-corrected chi connectivity index (χ3v) is 2.85. The van der Waals surface area contributed by atoms with Gasteiger partial charge in [0, 0.05) is 18.5 Å². The quantitative estimate of drug-likeness (QED) is 0.660. The van der Waals surface area contributed by atoms with Gasteiger partial charge in [0.05, 0.1) is 6.61 Å². The lowest BCUT2D eigenvalue weighted by atomic mass is 10.1. The average Bonchev–Trinajstić information content (AvgIpc) is 2.97. The van der Waals surface area contributed by atoms with Crippen LogP contribution in [-0.2, 0) is 20.7 Å².